The molecule has 0 aliphatic carbocycles. The predicted molar refractivity (Wildman–Crippen MR) is 160 cm³/mol. The van der Waals surface area contributed by atoms with E-state index < -0.39 is 16.2 Å². The smallest absolute Gasteiger partial charge is 0.330 e. The first-order chi connectivity index (χ1) is 20.2. The minimum absolute atomic E-state index is 0.0856. The van der Waals surface area contributed by atoms with Crippen LogP contribution in [0.25, 0.3) is 0 Å². The van der Waals surface area contributed by atoms with Gasteiger partial charge in [-0.1, -0.05) is 29.8 Å². The molecule has 1 aromatic heterocycles. The lowest BCUT2D eigenvalue weighted by Gasteiger charge is -2.34. The standard InChI is InChI=1S/C29H26BrN5O6S/c1-18-7-10-22(11-8-18)42(37,38)40-17-21-16-39-26-13-20(9-12-25(26)41-21)32-28-31-14-19-15-35(24-6-4-3-5-23(24)30)29(36)34(2)27(19)33-28/h3-14,21H,15-17H2,1-2H3,(H,31,32,33). The fraction of sp³-hybridized carbons (Fsp3) is 0.207. The number of benzene rings is 3. The van der Waals surface area contributed by atoms with Crippen molar-refractivity contribution >= 4 is 55.2 Å². The van der Waals surface area contributed by atoms with Crippen LogP contribution in [0.3, 0.4) is 0 Å². The van der Waals surface area contributed by atoms with Crippen LogP contribution in [0.4, 0.5) is 27.9 Å². The van der Waals surface area contributed by atoms with Gasteiger partial charge >= 0.3 is 6.03 Å². The van der Waals surface area contributed by atoms with Gasteiger partial charge in [-0.3, -0.25) is 14.0 Å². The summed E-state index contributed by atoms with van der Waals surface area (Å²) in [5.41, 5.74) is 3.17. The van der Waals surface area contributed by atoms with Crippen molar-refractivity contribution in [1.82, 2.24) is 9.97 Å². The van der Waals surface area contributed by atoms with E-state index in [1.165, 1.54) is 17.0 Å². The van der Waals surface area contributed by atoms with Crippen molar-refractivity contribution in [2.24, 2.45) is 0 Å². The molecular weight excluding hydrogens is 626 g/mol. The quantitative estimate of drug-likeness (QED) is 0.261. The summed E-state index contributed by atoms with van der Waals surface area (Å²) in [6, 6.07) is 19.0. The summed E-state index contributed by atoms with van der Waals surface area (Å²) in [5, 5.41) is 3.15. The van der Waals surface area contributed by atoms with Gasteiger partial charge in [0.05, 0.1) is 17.1 Å². The minimum atomic E-state index is -3.92. The van der Waals surface area contributed by atoms with Crippen LogP contribution < -0.4 is 24.6 Å². The van der Waals surface area contributed by atoms with Crippen LogP contribution in [0.5, 0.6) is 11.5 Å². The second-order valence-electron chi connectivity index (χ2n) is 9.81. The highest BCUT2D eigenvalue weighted by Gasteiger charge is 2.32. The van der Waals surface area contributed by atoms with Crippen LogP contribution in [0, 0.1) is 6.92 Å². The van der Waals surface area contributed by atoms with Gasteiger partial charge in [0.1, 0.15) is 19.0 Å². The zero-order valence-corrected chi connectivity index (χ0v) is 25.1. The molecule has 13 heteroatoms. The van der Waals surface area contributed by atoms with Crippen LogP contribution >= 0.6 is 15.9 Å². The molecule has 1 N–H and O–H groups in total. The van der Waals surface area contributed by atoms with E-state index >= 15 is 0 Å². The van der Waals surface area contributed by atoms with Crippen LogP contribution in [0.2, 0.25) is 0 Å². The fourth-order valence-corrected chi connectivity index (χ4v) is 6.01. The van der Waals surface area contributed by atoms with Crippen molar-refractivity contribution in [3.63, 3.8) is 0 Å². The van der Waals surface area contributed by atoms with Gasteiger partial charge in [0, 0.05) is 35.0 Å². The second-order valence-corrected chi connectivity index (χ2v) is 12.3. The molecule has 1 unspecified atom stereocenters. The molecule has 0 spiro atoms. The van der Waals surface area contributed by atoms with Gasteiger partial charge in [-0.05, 0) is 59.3 Å². The molecule has 3 heterocycles. The summed E-state index contributed by atoms with van der Waals surface area (Å²) in [7, 11) is -2.24. The zero-order valence-electron chi connectivity index (χ0n) is 22.7. The average Bonchev–Trinajstić information content (AvgIpc) is 2.99. The maximum atomic E-state index is 13.2. The lowest BCUT2D eigenvalue weighted by Crippen LogP contribution is -2.46. The third-order valence-electron chi connectivity index (χ3n) is 6.79. The van der Waals surface area contributed by atoms with E-state index in [1.54, 1.807) is 48.5 Å². The Morgan fingerprint density at radius 3 is 2.67 bits per heavy atom. The number of anilines is 4. The summed E-state index contributed by atoms with van der Waals surface area (Å²) in [5.74, 6) is 1.76. The van der Waals surface area contributed by atoms with Crippen molar-refractivity contribution in [1.29, 1.82) is 0 Å². The number of para-hydroxylation sites is 1. The van der Waals surface area contributed by atoms with E-state index in [0.29, 0.717) is 35.5 Å². The Labute approximate surface area is 251 Å². The molecule has 11 nitrogen and oxygen atoms in total. The van der Waals surface area contributed by atoms with Gasteiger partial charge in [0.15, 0.2) is 17.6 Å². The number of aryl methyl sites for hydroxylation is 1. The Hall–Kier alpha value is -4.20. The third-order valence-corrected chi connectivity index (χ3v) is 8.75. The molecule has 1 atom stereocenters. The van der Waals surface area contributed by atoms with Gasteiger partial charge in [0.2, 0.25) is 5.95 Å². The Balaban J connectivity index is 1.11. The minimum Gasteiger partial charge on any atom is -0.486 e. The number of hydrogen-bond donors (Lipinski definition) is 1. The van der Waals surface area contributed by atoms with E-state index in [-0.39, 0.29) is 24.1 Å². The van der Waals surface area contributed by atoms with Crippen LogP contribution in [-0.4, -0.2) is 50.8 Å². The second kappa shape index (κ2) is 11.2. The highest BCUT2D eigenvalue weighted by atomic mass is 79.9. The fourth-order valence-electron chi connectivity index (χ4n) is 4.57. The number of urea groups is 1. The number of halogens is 1. The first-order valence-electron chi connectivity index (χ1n) is 13.0. The highest BCUT2D eigenvalue weighted by molar-refractivity contribution is 9.10. The topological polar surface area (TPSA) is 123 Å². The lowest BCUT2D eigenvalue weighted by atomic mass is 10.2. The zero-order chi connectivity index (χ0) is 29.4. The molecular formula is C29H26BrN5O6S. The Bertz CT molecular complexity index is 1770. The first kappa shape index (κ1) is 27.9. The molecule has 6 rings (SSSR count). The number of carbonyl (C=O) groups excluding carboxylic acids is 1. The number of ether oxygens (including phenoxy) is 2. The maximum absolute atomic E-state index is 13.2. The van der Waals surface area contributed by atoms with Gasteiger partial charge in [-0.15, -0.1) is 0 Å². The first-order valence-corrected chi connectivity index (χ1v) is 15.2. The number of nitrogens with one attached hydrogen (secondary N) is 1. The third kappa shape index (κ3) is 5.62. The lowest BCUT2D eigenvalue weighted by molar-refractivity contribution is 0.0555. The molecule has 216 valence electrons. The van der Waals surface area contributed by atoms with Crippen molar-refractivity contribution in [2.75, 3.05) is 35.4 Å². The molecule has 4 aromatic rings. The van der Waals surface area contributed by atoms with Crippen LogP contribution in [0.1, 0.15) is 11.1 Å². The monoisotopic (exact) mass is 651 g/mol. The molecule has 0 saturated heterocycles. The molecule has 0 radical (unpaired) electrons. The SMILES string of the molecule is Cc1ccc(S(=O)(=O)OCC2COc3cc(Nc4ncc5c(n4)N(C)C(=O)N(c4ccccc4Br)C5)ccc3O2)cc1. The Morgan fingerprint density at radius 2 is 1.88 bits per heavy atom. The number of rotatable bonds is 7. The van der Waals surface area contributed by atoms with Gasteiger partial charge in [0.25, 0.3) is 10.1 Å². The van der Waals surface area contributed by atoms with E-state index in [1.807, 2.05) is 31.2 Å². The Morgan fingerprint density at radius 1 is 1.10 bits per heavy atom. The molecule has 2 amide bonds. The highest BCUT2D eigenvalue weighted by Crippen LogP contribution is 2.36. The molecule has 2 aliphatic rings. The molecule has 42 heavy (non-hydrogen) atoms. The molecule has 0 fully saturated rings. The van der Waals surface area contributed by atoms with Crippen LogP contribution in [-0.2, 0) is 20.8 Å². The number of nitrogens with zero attached hydrogens (tertiary/aromatic N) is 4. The molecule has 3 aromatic carbocycles. The number of amides is 2. The van der Waals surface area contributed by atoms with Crippen LogP contribution in [0.15, 0.2) is 82.3 Å². The van der Waals surface area contributed by atoms with E-state index in [9.17, 15) is 13.2 Å². The maximum Gasteiger partial charge on any atom is 0.330 e. The van der Waals surface area contributed by atoms with E-state index in [0.717, 1.165) is 21.3 Å². The van der Waals surface area contributed by atoms with E-state index in [2.05, 4.69) is 31.2 Å². The predicted octanol–water partition coefficient (Wildman–Crippen LogP) is 5.41. The Kier molecular flexibility index (Phi) is 7.47. The van der Waals surface area contributed by atoms with Crippen molar-refractivity contribution in [3.05, 3.63) is 88.5 Å². The van der Waals surface area contributed by atoms with Gasteiger partial charge < -0.3 is 14.8 Å². The molecule has 0 bridgehead atoms. The van der Waals surface area contributed by atoms with Crippen molar-refractivity contribution in [2.45, 2.75) is 24.5 Å². The van der Waals surface area contributed by atoms with Crippen molar-refractivity contribution in [3.8, 4) is 11.5 Å². The summed E-state index contributed by atoms with van der Waals surface area (Å²) in [4.78, 5) is 25.5. The molecule has 0 saturated carbocycles. The summed E-state index contributed by atoms with van der Waals surface area (Å²) in [6.45, 7) is 2.13. The largest absolute Gasteiger partial charge is 0.486 e. The van der Waals surface area contributed by atoms with Crippen molar-refractivity contribution < 1.29 is 26.9 Å². The summed E-state index contributed by atoms with van der Waals surface area (Å²) in [6.07, 6.45) is 1.09. The normalized spacial score (nSPS) is 16.3. The van der Waals surface area contributed by atoms with E-state index in [4.69, 9.17) is 13.7 Å². The number of aromatic nitrogens is 2. The van der Waals surface area contributed by atoms with Gasteiger partial charge in [-0.25, -0.2) is 9.78 Å². The van der Waals surface area contributed by atoms with Gasteiger partial charge in [-0.2, -0.15) is 13.4 Å². The number of carbonyl (C=O) groups is 1. The summed E-state index contributed by atoms with van der Waals surface area (Å²) >= 11 is 3.52. The number of fused-ring (bicyclic) bond motifs is 2. The summed E-state index contributed by atoms with van der Waals surface area (Å²) < 4.78 is 42.8. The average molecular weight is 653 g/mol. The molecule has 2 aliphatic heterocycles. The number of hydrogen-bond acceptors (Lipinski definition) is 9.